The van der Waals surface area contributed by atoms with Crippen molar-refractivity contribution in [2.75, 3.05) is 45.2 Å². The highest BCUT2D eigenvalue weighted by molar-refractivity contribution is 7.97. The minimum Gasteiger partial charge on any atom is -0.375 e. The Labute approximate surface area is 190 Å². The number of hydrogen-bond donors (Lipinski definition) is 2. The fourth-order valence-electron chi connectivity index (χ4n) is 3.87. The van der Waals surface area contributed by atoms with E-state index in [1.54, 1.807) is 23.7 Å². The zero-order chi connectivity index (χ0) is 22.5. The van der Waals surface area contributed by atoms with E-state index in [4.69, 9.17) is 4.98 Å². The standard InChI is InChI=1S/C21H28N8O2S/c1-25(2)20(30)28-10-8-27(9-11-28)17-12-15(32-24-21(31)5-6-21)14-29-18(13-22-19(17)29)16-4-7-26(3)23-16/h4,7,12-14,24,31H,5-6,8-11H2,1-3H3. The fraction of sp³-hybridized carbons (Fsp3) is 0.476. The summed E-state index contributed by atoms with van der Waals surface area (Å²) in [6.45, 7) is 2.78. The molecule has 0 aromatic carbocycles. The quantitative estimate of drug-likeness (QED) is 0.445. The van der Waals surface area contributed by atoms with E-state index in [-0.39, 0.29) is 6.03 Å². The maximum absolute atomic E-state index is 12.3. The predicted molar refractivity (Wildman–Crippen MR) is 123 cm³/mol. The van der Waals surface area contributed by atoms with Crippen LogP contribution in [0.3, 0.4) is 0 Å². The van der Waals surface area contributed by atoms with Crippen molar-refractivity contribution in [3.8, 4) is 11.4 Å². The minimum absolute atomic E-state index is 0.0410. The Morgan fingerprint density at radius 3 is 2.62 bits per heavy atom. The van der Waals surface area contributed by atoms with Crippen LogP contribution >= 0.6 is 11.9 Å². The lowest BCUT2D eigenvalue weighted by Crippen LogP contribution is -2.51. The SMILES string of the molecule is CN(C)C(=O)N1CCN(c2cc(SNC3(O)CC3)cn3c(-c4ccn(C)n4)cnc23)CC1. The average molecular weight is 457 g/mol. The van der Waals surface area contributed by atoms with Crippen LogP contribution in [0.1, 0.15) is 12.8 Å². The van der Waals surface area contributed by atoms with Crippen LogP contribution < -0.4 is 9.62 Å². The molecule has 0 atom stereocenters. The molecule has 0 unspecified atom stereocenters. The second-order valence-electron chi connectivity index (χ2n) is 8.66. The number of pyridine rings is 1. The van der Waals surface area contributed by atoms with Crippen molar-refractivity contribution in [3.63, 3.8) is 0 Å². The second-order valence-corrected chi connectivity index (χ2v) is 9.54. The summed E-state index contributed by atoms with van der Waals surface area (Å²) < 4.78 is 7.02. The van der Waals surface area contributed by atoms with Gasteiger partial charge in [0.15, 0.2) is 5.65 Å². The first-order valence-electron chi connectivity index (χ1n) is 10.7. The molecule has 1 saturated heterocycles. The largest absolute Gasteiger partial charge is 0.375 e. The average Bonchev–Trinajstić information content (AvgIpc) is 3.16. The molecule has 32 heavy (non-hydrogen) atoms. The number of fused-ring (bicyclic) bond motifs is 1. The number of piperazine rings is 1. The van der Waals surface area contributed by atoms with Crippen LogP contribution in [-0.2, 0) is 7.05 Å². The minimum atomic E-state index is -0.767. The van der Waals surface area contributed by atoms with Gasteiger partial charge in [-0.3, -0.25) is 9.08 Å². The molecule has 1 saturated carbocycles. The number of carbonyl (C=O) groups excluding carboxylic acids is 1. The van der Waals surface area contributed by atoms with Gasteiger partial charge in [0.1, 0.15) is 11.4 Å². The molecule has 1 aliphatic carbocycles. The summed E-state index contributed by atoms with van der Waals surface area (Å²) in [4.78, 5) is 23.8. The van der Waals surface area contributed by atoms with Crippen molar-refractivity contribution in [2.24, 2.45) is 7.05 Å². The summed E-state index contributed by atoms with van der Waals surface area (Å²) in [5.74, 6) is 0. The first-order valence-corrected chi connectivity index (χ1v) is 11.5. The molecule has 2 amide bonds. The zero-order valence-electron chi connectivity index (χ0n) is 18.5. The molecule has 2 fully saturated rings. The summed E-state index contributed by atoms with van der Waals surface area (Å²) in [7, 11) is 5.46. The van der Waals surface area contributed by atoms with Gasteiger partial charge in [0.2, 0.25) is 0 Å². The predicted octanol–water partition coefficient (Wildman–Crippen LogP) is 1.62. The number of carbonyl (C=O) groups is 1. The number of imidazole rings is 1. The third-order valence-corrected chi connectivity index (χ3v) is 6.83. The van der Waals surface area contributed by atoms with Gasteiger partial charge in [0.25, 0.3) is 0 Å². The van der Waals surface area contributed by atoms with E-state index in [9.17, 15) is 9.90 Å². The molecule has 10 nitrogen and oxygen atoms in total. The monoisotopic (exact) mass is 456 g/mol. The van der Waals surface area contributed by atoms with E-state index in [2.05, 4.69) is 25.2 Å². The first-order chi connectivity index (χ1) is 15.3. The third kappa shape index (κ3) is 4.03. The van der Waals surface area contributed by atoms with Crippen LogP contribution in [0.4, 0.5) is 10.5 Å². The maximum atomic E-state index is 12.3. The summed E-state index contributed by atoms with van der Waals surface area (Å²) in [6.07, 6.45) is 7.33. The number of aromatic nitrogens is 4. The van der Waals surface area contributed by atoms with Gasteiger partial charge in [0, 0.05) is 64.6 Å². The summed E-state index contributed by atoms with van der Waals surface area (Å²) in [5.41, 5.74) is 2.86. The van der Waals surface area contributed by atoms with Gasteiger partial charge in [-0.25, -0.2) is 14.5 Å². The number of anilines is 1. The molecular formula is C21H28N8O2S. The topological polar surface area (TPSA) is 94.2 Å². The van der Waals surface area contributed by atoms with E-state index in [0.29, 0.717) is 13.1 Å². The van der Waals surface area contributed by atoms with Crippen molar-refractivity contribution in [3.05, 3.63) is 30.7 Å². The van der Waals surface area contributed by atoms with Crippen molar-refractivity contribution >= 4 is 29.3 Å². The van der Waals surface area contributed by atoms with E-state index in [1.807, 2.05) is 36.6 Å². The highest BCUT2D eigenvalue weighted by Crippen LogP contribution is 2.37. The maximum Gasteiger partial charge on any atom is 0.319 e. The highest BCUT2D eigenvalue weighted by atomic mass is 32.2. The van der Waals surface area contributed by atoms with Crippen LogP contribution in [0.5, 0.6) is 0 Å². The molecule has 0 spiro atoms. The molecule has 0 radical (unpaired) electrons. The Bertz CT molecular complexity index is 1140. The van der Waals surface area contributed by atoms with Gasteiger partial charge in [-0.1, -0.05) is 0 Å². The molecule has 5 rings (SSSR count). The normalized spacial score (nSPS) is 17.8. The summed E-state index contributed by atoms with van der Waals surface area (Å²) >= 11 is 1.43. The number of aliphatic hydroxyl groups is 1. The van der Waals surface area contributed by atoms with Crippen molar-refractivity contribution in [1.82, 2.24) is 33.7 Å². The number of urea groups is 1. The molecule has 170 valence electrons. The van der Waals surface area contributed by atoms with E-state index in [0.717, 1.165) is 53.5 Å². The van der Waals surface area contributed by atoms with Crippen LogP contribution in [-0.4, -0.2) is 86.1 Å². The zero-order valence-corrected chi connectivity index (χ0v) is 19.3. The van der Waals surface area contributed by atoms with Gasteiger partial charge >= 0.3 is 6.03 Å². The molecule has 1 aliphatic heterocycles. The lowest BCUT2D eigenvalue weighted by Gasteiger charge is -2.37. The van der Waals surface area contributed by atoms with Gasteiger partial charge in [-0.05, 0) is 36.9 Å². The molecule has 11 heteroatoms. The smallest absolute Gasteiger partial charge is 0.319 e. The third-order valence-electron chi connectivity index (χ3n) is 5.89. The second kappa shape index (κ2) is 7.98. The van der Waals surface area contributed by atoms with Crippen LogP contribution in [0.25, 0.3) is 17.0 Å². The number of nitrogens with one attached hydrogen (secondary N) is 1. The van der Waals surface area contributed by atoms with E-state index >= 15 is 0 Å². The summed E-state index contributed by atoms with van der Waals surface area (Å²) in [6, 6.07) is 4.12. The highest BCUT2D eigenvalue weighted by Gasteiger charge is 2.40. The lowest BCUT2D eigenvalue weighted by molar-refractivity contribution is 0.142. The van der Waals surface area contributed by atoms with Gasteiger partial charge in [-0.2, -0.15) is 5.10 Å². The fourth-order valence-corrected chi connectivity index (χ4v) is 4.71. The molecule has 3 aromatic rings. The lowest BCUT2D eigenvalue weighted by atomic mass is 10.2. The van der Waals surface area contributed by atoms with Gasteiger partial charge in [-0.15, -0.1) is 0 Å². The Kier molecular flexibility index (Phi) is 5.26. The Morgan fingerprint density at radius 1 is 1.25 bits per heavy atom. The van der Waals surface area contributed by atoms with Crippen molar-refractivity contribution < 1.29 is 9.90 Å². The van der Waals surface area contributed by atoms with Gasteiger partial charge in [0.05, 0.1) is 17.6 Å². The Hall–Kier alpha value is -2.76. The number of rotatable bonds is 5. The molecule has 3 aromatic heterocycles. The number of aryl methyl sites for hydroxylation is 1. The van der Waals surface area contributed by atoms with Crippen molar-refractivity contribution in [2.45, 2.75) is 23.5 Å². The van der Waals surface area contributed by atoms with Crippen LogP contribution in [0.15, 0.2) is 35.6 Å². The molecule has 0 bridgehead atoms. The summed E-state index contributed by atoms with van der Waals surface area (Å²) in [5, 5.41) is 14.8. The van der Waals surface area contributed by atoms with Crippen molar-refractivity contribution in [1.29, 1.82) is 0 Å². The molecule has 4 heterocycles. The van der Waals surface area contributed by atoms with Crippen LogP contribution in [0, 0.1) is 0 Å². The van der Waals surface area contributed by atoms with Crippen LogP contribution in [0.2, 0.25) is 0 Å². The van der Waals surface area contributed by atoms with E-state index in [1.165, 1.54) is 11.9 Å². The van der Waals surface area contributed by atoms with E-state index < -0.39 is 5.72 Å². The Morgan fingerprint density at radius 2 is 2.00 bits per heavy atom. The number of hydrogen-bond acceptors (Lipinski definition) is 7. The molecule has 2 N–H and O–H groups in total. The first kappa shape index (κ1) is 21.1. The number of nitrogens with zero attached hydrogens (tertiary/aromatic N) is 7. The molecular weight excluding hydrogens is 428 g/mol. The Balaban J connectivity index is 1.48. The molecule has 2 aliphatic rings. The number of amides is 2. The van der Waals surface area contributed by atoms with Gasteiger partial charge < -0.3 is 19.8 Å².